The van der Waals surface area contributed by atoms with Gasteiger partial charge in [-0.3, -0.25) is 18.6 Å². The number of esters is 2. The zero-order valence-corrected chi connectivity index (χ0v) is 57.9. The van der Waals surface area contributed by atoms with Crippen LogP contribution < -0.4 is 0 Å². The van der Waals surface area contributed by atoms with Gasteiger partial charge in [0.1, 0.15) is 19.8 Å². The van der Waals surface area contributed by atoms with Crippen LogP contribution in [0.5, 0.6) is 0 Å². The number of quaternary nitrogens is 1. The van der Waals surface area contributed by atoms with Crippen LogP contribution in [0.3, 0.4) is 0 Å². The molecule has 0 saturated heterocycles. The number of nitrogens with zero attached hydrogens (tertiary/aromatic N) is 1. The Hall–Kier alpha value is -2.81. The first-order chi connectivity index (χ1) is 42.0. The van der Waals surface area contributed by atoms with E-state index in [0.717, 1.165) is 70.6 Å². The van der Waals surface area contributed by atoms with Crippen molar-refractivity contribution in [1.82, 2.24) is 0 Å². The molecule has 0 spiro atoms. The summed E-state index contributed by atoms with van der Waals surface area (Å²) in [4.78, 5) is 35.9. The first kappa shape index (κ1) is 83.2. The predicted octanol–water partition coefficient (Wildman–Crippen LogP) is 23.7. The highest BCUT2D eigenvalue weighted by Gasteiger charge is 2.27. The zero-order valence-electron chi connectivity index (χ0n) is 57.0. The summed E-state index contributed by atoms with van der Waals surface area (Å²) < 4.78 is 34.7. The van der Waals surface area contributed by atoms with Gasteiger partial charge in [-0.25, -0.2) is 4.57 Å². The first-order valence-corrected chi connectivity index (χ1v) is 37.8. The SMILES string of the molecule is CC/C=C\C/C=C\C/C=C\C/C=C\CCCCCCCCCCCCCCCCCCCCCCCCCCC(=O)OC(COC(=O)CCCCCCCCCCCC/C=C\C/C=C\C/C=C\CCCCCCC)COP(=O)(O)OCC[N+](C)(C)C. The third-order valence-electron chi connectivity index (χ3n) is 15.9. The van der Waals surface area contributed by atoms with Gasteiger partial charge in [0.05, 0.1) is 27.7 Å². The van der Waals surface area contributed by atoms with Crippen LogP contribution in [-0.4, -0.2) is 74.9 Å². The molecule has 0 aromatic carbocycles. The molecule has 0 radical (unpaired) electrons. The van der Waals surface area contributed by atoms with Crippen LogP contribution in [0.25, 0.3) is 0 Å². The minimum Gasteiger partial charge on any atom is -0.462 e. The lowest BCUT2D eigenvalue weighted by Gasteiger charge is -2.24. The van der Waals surface area contributed by atoms with Gasteiger partial charge in [0.15, 0.2) is 6.10 Å². The van der Waals surface area contributed by atoms with Crippen LogP contribution in [0.4, 0.5) is 0 Å². The molecule has 0 heterocycles. The second kappa shape index (κ2) is 66.6. The molecule has 0 aliphatic heterocycles. The fraction of sp³-hybridized carbons (Fsp3) is 0.789. The Morgan fingerprint density at radius 3 is 0.988 bits per heavy atom. The number of allylic oxidation sites excluding steroid dienone is 14. The van der Waals surface area contributed by atoms with Crippen LogP contribution >= 0.6 is 7.82 Å². The highest BCUT2D eigenvalue weighted by Crippen LogP contribution is 2.43. The van der Waals surface area contributed by atoms with E-state index in [1.807, 2.05) is 21.1 Å². The second-order valence-electron chi connectivity index (χ2n) is 25.6. The third kappa shape index (κ3) is 70.3. The second-order valence-corrected chi connectivity index (χ2v) is 27.0. The molecule has 0 saturated carbocycles. The largest absolute Gasteiger partial charge is 0.472 e. The summed E-state index contributed by atoms with van der Waals surface area (Å²) >= 11 is 0. The van der Waals surface area contributed by atoms with Gasteiger partial charge in [0, 0.05) is 12.8 Å². The van der Waals surface area contributed by atoms with E-state index in [4.69, 9.17) is 18.5 Å². The molecule has 0 aromatic rings. The van der Waals surface area contributed by atoms with E-state index in [-0.39, 0.29) is 32.0 Å². The molecule has 0 aromatic heterocycles. The monoisotopic (exact) mass is 1230 g/mol. The normalized spacial score (nSPS) is 13.6. The molecule has 0 bridgehead atoms. The molecule has 10 heteroatoms. The summed E-state index contributed by atoms with van der Waals surface area (Å²) in [6.07, 6.45) is 91.3. The number of hydrogen-bond donors (Lipinski definition) is 1. The summed E-state index contributed by atoms with van der Waals surface area (Å²) in [5.41, 5.74) is 0. The maximum atomic E-state index is 12.9. The van der Waals surface area contributed by atoms with Crippen LogP contribution in [-0.2, 0) is 32.7 Å². The van der Waals surface area contributed by atoms with E-state index in [1.165, 1.54) is 231 Å². The average molecular weight is 1230 g/mol. The highest BCUT2D eigenvalue weighted by atomic mass is 31.2. The maximum Gasteiger partial charge on any atom is 0.472 e. The third-order valence-corrected chi connectivity index (χ3v) is 16.9. The fourth-order valence-corrected chi connectivity index (χ4v) is 11.1. The summed E-state index contributed by atoms with van der Waals surface area (Å²) in [5, 5.41) is 0. The van der Waals surface area contributed by atoms with Crippen molar-refractivity contribution in [3.8, 4) is 0 Å². The molecule has 0 aliphatic rings. The molecule has 0 aliphatic carbocycles. The number of phosphoric ester groups is 1. The van der Waals surface area contributed by atoms with Crippen LogP contribution in [0.15, 0.2) is 85.1 Å². The lowest BCUT2D eigenvalue weighted by Crippen LogP contribution is -2.37. The van der Waals surface area contributed by atoms with Gasteiger partial charge >= 0.3 is 19.8 Å². The molecular formula is C76H139NO8P+. The Balaban J connectivity index is 3.98. The van der Waals surface area contributed by atoms with Gasteiger partial charge in [-0.2, -0.15) is 0 Å². The lowest BCUT2D eigenvalue weighted by molar-refractivity contribution is -0.870. The quantitative estimate of drug-likeness (QED) is 0.0211. The van der Waals surface area contributed by atoms with E-state index in [0.29, 0.717) is 17.4 Å². The van der Waals surface area contributed by atoms with Crippen molar-refractivity contribution in [2.75, 3.05) is 47.5 Å². The van der Waals surface area contributed by atoms with Crippen molar-refractivity contribution in [2.24, 2.45) is 0 Å². The number of likely N-dealkylation sites (N-methyl/N-ethyl adjacent to an activating group) is 1. The minimum atomic E-state index is -4.39. The maximum absolute atomic E-state index is 12.9. The van der Waals surface area contributed by atoms with E-state index >= 15 is 0 Å². The number of carbonyl (C=O) groups is 2. The number of phosphoric acid groups is 1. The van der Waals surface area contributed by atoms with Gasteiger partial charge < -0.3 is 18.9 Å². The number of rotatable bonds is 67. The summed E-state index contributed by atoms with van der Waals surface area (Å²) in [6, 6.07) is 0. The van der Waals surface area contributed by atoms with E-state index in [2.05, 4.69) is 98.9 Å². The van der Waals surface area contributed by atoms with Crippen molar-refractivity contribution in [3.63, 3.8) is 0 Å². The van der Waals surface area contributed by atoms with Gasteiger partial charge in [-0.05, 0) is 89.9 Å². The van der Waals surface area contributed by atoms with Crippen molar-refractivity contribution in [2.45, 2.75) is 341 Å². The molecule has 0 amide bonds. The van der Waals surface area contributed by atoms with Gasteiger partial charge in [0.2, 0.25) is 0 Å². The molecule has 500 valence electrons. The van der Waals surface area contributed by atoms with Crippen molar-refractivity contribution < 1.29 is 42.1 Å². The average Bonchev–Trinajstić information content (AvgIpc) is 3.67. The van der Waals surface area contributed by atoms with Gasteiger partial charge in [-0.15, -0.1) is 0 Å². The Bertz CT molecular complexity index is 1730. The minimum absolute atomic E-state index is 0.0305. The van der Waals surface area contributed by atoms with E-state index in [1.54, 1.807) is 0 Å². The molecular weight excluding hydrogens is 1090 g/mol. The number of hydrogen-bond acceptors (Lipinski definition) is 7. The summed E-state index contributed by atoms with van der Waals surface area (Å²) in [6.45, 7) is 4.35. The zero-order chi connectivity index (χ0) is 62.6. The fourth-order valence-electron chi connectivity index (χ4n) is 10.4. The molecule has 9 nitrogen and oxygen atoms in total. The molecule has 0 rings (SSSR count). The Morgan fingerprint density at radius 2 is 0.663 bits per heavy atom. The first-order valence-electron chi connectivity index (χ1n) is 36.3. The topological polar surface area (TPSA) is 108 Å². The van der Waals surface area contributed by atoms with Crippen molar-refractivity contribution >= 4 is 19.8 Å². The number of unbranched alkanes of at least 4 members (excludes halogenated alkanes) is 39. The molecule has 0 fully saturated rings. The van der Waals surface area contributed by atoms with Gasteiger partial charge in [-0.1, -0.05) is 317 Å². The lowest BCUT2D eigenvalue weighted by atomic mass is 10.0. The molecule has 1 N–H and O–H groups in total. The van der Waals surface area contributed by atoms with Crippen molar-refractivity contribution in [3.05, 3.63) is 85.1 Å². The predicted molar refractivity (Wildman–Crippen MR) is 372 cm³/mol. The van der Waals surface area contributed by atoms with E-state index in [9.17, 15) is 19.0 Å². The Kier molecular flexibility index (Phi) is 64.4. The van der Waals surface area contributed by atoms with Crippen LogP contribution in [0.2, 0.25) is 0 Å². The smallest absolute Gasteiger partial charge is 0.462 e. The molecule has 2 atom stereocenters. The standard InChI is InChI=1S/C76H138NO8P/c1-6-8-10-12-14-16-18-20-22-24-26-28-30-32-33-34-35-36-37-38-39-40-41-42-43-45-47-49-51-53-55-57-59-61-63-65-67-69-76(79)85-74(73-84-86(80,81)83-71-70-77(3,4)5)72-82-75(78)68-66-64-62-60-58-56-54-52-50-48-46-44-31-29-27-25-23-21-19-17-15-13-11-9-7-2/h8,10,14,16,19-22,25-28,31,44,74H,6-7,9,11-13,15,17-18,23-24,29-30,32-43,45-73H2,1-5H3/p+1/b10-8-,16-14-,21-19-,22-20-,27-25-,28-26-,44-31-. The molecule has 2 unspecified atom stereocenters. The van der Waals surface area contributed by atoms with Gasteiger partial charge in [0.25, 0.3) is 0 Å². The highest BCUT2D eigenvalue weighted by molar-refractivity contribution is 7.47. The van der Waals surface area contributed by atoms with Crippen LogP contribution in [0.1, 0.15) is 335 Å². The summed E-state index contributed by atoms with van der Waals surface area (Å²) in [7, 11) is 1.48. The van der Waals surface area contributed by atoms with E-state index < -0.39 is 26.5 Å². The van der Waals surface area contributed by atoms with Crippen molar-refractivity contribution in [1.29, 1.82) is 0 Å². The summed E-state index contributed by atoms with van der Waals surface area (Å²) in [5.74, 6) is -0.789. The molecule has 86 heavy (non-hydrogen) atoms. The Morgan fingerprint density at radius 1 is 0.372 bits per heavy atom. The van der Waals surface area contributed by atoms with Crippen LogP contribution in [0, 0.1) is 0 Å². The number of ether oxygens (including phenoxy) is 2. The number of carbonyl (C=O) groups excluding carboxylic acids is 2. The Labute approximate surface area is 532 Å².